The first-order chi connectivity index (χ1) is 13.3. The fourth-order valence-electron chi connectivity index (χ4n) is 2.87. The van der Waals surface area contributed by atoms with Gasteiger partial charge in [0, 0.05) is 17.4 Å². The summed E-state index contributed by atoms with van der Waals surface area (Å²) in [7, 11) is 0. The molecule has 3 nitrogen and oxygen atoms in total. The van der Waals surface area contributed by atoms with Gasteiger partial charge >= 0.3 is 6.18 Å². The molecule has 9 heteroatoms. The fraction of sp³-hybridized carbons (Fsp3) is 0.350. The molecule has 3 rings (SSSR count). The Morgan fingerprint density at radius 1 is 1.03 bits per heavy atom. The number of halogens is 5. The van der Waals surface area contributed by atoms with Crippen LogP contribution in [0.15, 0.2) is 41.4 Å². The molecule has 1 heterocycles. The predicted molar refractivity (Wildman–Crippen MR) is 103 cm³/mol. The second kappa shape index (κ2) is 7.19. The van der Waals surface area contributed by atoms with E-state index in [1.54, 1.807) is 6.92 Å². The highest BCUT2D eigenvalue weighted by Gasteiger charge is 2.39. The lowest BCUT2D eigenvalue weighted by Gasteiger charge is -2.37. The third-order valence-corrected chi connectivity index (χ3v) is 6.29. The molecule has 0 aliphatic carbocycles. The van der Waals surface area contributed by atoms with Crippen molar-refractivity contribution >= 4 is 17.6 Å². The van der Waals surface area contributed by atoms with Crippen LogP contribution in [0.1, 0.15) is 31.9 Å². The van der Waals surface area contributed by atoms with Gasteiger partial charge in [0.15, 0.2) is 0 Å². The van der Waals surface area contributed by atoms with E-state index in [1.165, 1.54) is 23.9 Å². The van der Waals surface area contributed by atoms with Gasteiger partial charge in [0.1, 0.15) is 29.0 Å². The largest absolute Gasteiger partial charge is 0.457 e. The summed E-state index contributed by atoms with van der Waals surface area (Å²) in [6.45, 7) is 5.54. The fourth-order valence-corrected chi connectivity index (χ4v) is 3.92. The van der Waals surface area contributed by atoms with Crippen LogP contribution in [0.4, 0.5) is 22.0 Å². The van der Waals surface area contributed by atoms with E-state index in [9.17, 15) is 22.0 Å². The molecule has 156 valence electrons. The molecule has 0 saturated heterocycles. The first-order valence-electron chi connectivity index (χ1n) is 8.66. The Morgan fingerprint density at radius 2 is 1.72 bits per heavy atom. The number of hydrogen-bond donors (Lipinski definition) is 1. The molecule has 0 aromatic heterocycles. The quantitative estimate of drug-likeness (QED) is 0.619. The van der Waals surface area contributed by atoms with Crippen molar-refractivity contribution in [3.63, 3.8) is 0 Å². The van der Waals surface area contributed by atoms with Gasteiger partial charge in [-0.25, -0.2) is 8.78 Å². The summed E-state index contributed by atoms with van der Waals surface area (Å²) in [4.78, 5) is 4.48. The molecule has 29 heavy (non-hydrogen) atoms. The number of rotatable bonds is 3. The summed E-state index contributed by atoms with van der Waals surface area (Å²) >= 11 is 1.52. The number of hydrogen-bond acceptors (Lipinski definition) is 4. The van der Waals surface area contributed by atoms with Crippen LogP contribution in [0.3, 0.4) is 0 Å². The van der Waals surface area contributed by atoms with Crippen molar-refractivity contribution in [2.45, 2.75) is 37.2 Å². The summed E-state index contributed by atoms with van der Waals surface area (Å²) < 4.78 is 71.9. The Labute approximate surface area is 169 Å². The van der Waals surface area contributed by atoms with Crippen LogP contribution in [0.5, 0.6) is 11.5 Å². The molecule has 2 aromatic rings. The van der Waals surface area contributed by atoms with Crippen LogP contribution >= 0.6 is 11.8 Å². The second-order valence-corrected chi connectivity index (χ2v) is 9.08. The Bertz CT molecular complexity index is 974. The van der Waals surface area contributed by atoms with E-state index in [1.807, 2.05) is 13.8 Å². The number of amidine groups is 1. The van der Waals surface area contributed by atoms with Gasteiger partial charge in [0.25, 0.3) is 0 Å². The minimum Gasteiger partial charge on any atom is -0.457 e. The summed E-state index contributed by atoms with van der Waals surface area (Å²) in [5.74, 6) is -1.12. The molecule has 0 spiro atoms. The lowest BCUT2D eigenvalue weighted by Crippen LogP contribution is -2.44. The van der Waals surface area contributed by atoms with E-state index in [2.05, 4.69) is 4.99 Å². The Hall–Kier alpha value is -2.29. The Balaban J connectivity index is 1.97. The van der Waals surface area contributed by atoms with Crippen LogP contribution in [0.2, 0.25) is 0 Å². The zero-order valence-corrected chi connectivity index (χ0v) is 16.7. The van der Waals surface area contributed by atoms with Crippen molar-refractivity contribution in [2.75, 3.05) is 5.75 Å². The van der Waals surface area contributed by atoms with Gasteiger partial charge in [-0.2, -0.15) is 13.2 Å². The van der Waals surface area contributed by atoms with E-state index < -0.39 is 28.9 Å². The van der Waals surface area contributed by atoms with Crippen molar-refractivity contribution < 1.29 is 26.7 Å². The molecule has 0 unspecified atom stereocenters. The molecule has 0 bridgehead atoms. The number of nitrogens with zero attached hydrogens (tertiary/aromatic N) is 1. The highest BCUT2D eigenvalue weighted by Crippen LogP contribution is 2.42. The molecular weight excluding hydrogens is 411 g/mol. The predicted octanol–water partition coefficient (Wildman–Crippen LogP) is 5.87. The molecule has 2 aromatic carbocycles. The molecule has 0 radical (unpaired) electrons. The van der Waals surface area contributed by atoms with Crippen LogP contribution in [0, 0.1) is 11.6 Å². The molecule has 0 amide bonds. The lowest BCUT2D eigenvalue weighted by atomic mass is 9.93. The van der Waals surface area contributed by atoms with E-state index in [4.69, 9.17) is 10.5 Å². The van der Waals surface area contributed by atoms with Crippen molar-refractivity contribution in [1.82, 2.24) is 0 Å². The molecule has 0 saturated carbocycles. The summed E-state index contributed by atoms with van der Waals surface area (Å²) in [5.41, 5.74) is 4.07. The number of alkyl halides is 3. The SMILES string of the molecule is CC1(C)SC[C@@](C)(c2cc(Oc3cc(F)cc(C(F)(F)F)c3)ccc2F)N=C1N. The van der Waals surface area contributed by atoms with Crippen LogP contribution < -0.4 is 10.5 Å². The summed E-state index contributed by atoms with van der Waals surface area (Å²) in [6.07, 6.45) is -4.72. The topological polar surface area (TPSA) is 47.6 Å². The van der Waals surface area contributed by atoms with E-state index >= 15 is 0 Å². The maximum Gasteiger partial charge on any atom is 0.416 e. The molecule has 1 aliphatic heterocycles. The molecular formula is C20H19F5N2OS. The monoisotopic (exact) mass is 430 g/mol. The minimum absolute atomic E-state index is 0.0601. The molecule has 1 atom stereocenters. The highest BCUT2D eigenvalue weighted by atomic mass is 32.2. The van der Waals surface area contributed by atoms with E-state index in [0.29, 0.717) is 23.7 Å². The van der Waals surface area contributed by atoms with Crippen LogP contribution in [-0.4, -0.2) is 16.3 Å². The average molecular weight is 430 g/mol. The number of nitrogens with two attached hydrogens (primary N) is 1. The van der Waals surface area contributed by atoms with Crippen molar-refractivity contribution in [3.05, 3.63) is 59.2 Å². The van der Waals surface area contributed by atoms with Crippen molar-refractivity contribution in [1.29, 1.82) is 0 Å². The first-order valence-corrected chi connectivity index (χ1v) is 9.64. The zero-order chi connectivity index (χ0) is 21.6. The van der Waals surface area contributed by atoms with Gasteiger partial charge in [0.2, 0.25) is 0 Å². The van der Waals surface area contributed by atoms with Crippen LogP contribution in [0.25, 0.3) is 0 Å². The standard InChI is InChI=1S/C20H19F5N2OS/c1-18(2)17(26)27-19(3,10-29-18)15-9-13(4-5-16(15)22)28-14-7-11(20(23,24)25)6-12(21)8-14/h4-9H,10H2,1-3H3,(H2,26,27)/t19-/m0/s1. The van der Waals surface area contributed by atoms with Gasteiger partial charge in [-0.1, -0.05) is 0 Å². The summed E-state index contributed by atoms with van der Waals surface area (Å²) in [5, 5.41) is 0. The normalized spacial score (nSPS) is 21.6. The molecule has 0 fully saturated rings. The van der Waals surface area contributed by atoms with Gasteiger partial charge < -0.3 is 10.5 Å². The highest BCUT2D eigenvalue weighted by molar-refractivity contribution is 8.01. The van der Waals surface area contributed by atoms with Crippen LogP contribution in [-0.2, 0) is 11.7 Å². The van der Waals surface area contributed by atoms with Gasteiger partial charge in [0.05, 0.1) is 15.8 Å². The van der Waals surface area contributed by atoms with Gasteiger partial charge in [-0.3, -0.25) is 4.99 Å². The third-order valence-electron chi connectivity index (χ3n) is 4.65. The number of thioether (sulfide) groups is 1. The maximum atomic E-state index is 14.6. The van der Waals surface area contributed by atoms with Gasteiger partial charge in [-0.05, 0) is 51.1 Å². The third kappa shape index (κ3) is 4.49. The Morgan fingerprint density at radius 3 is 2.34 bits per heavy atom. The summed E-state index contributed by atoms with van der Waals surface area (Å²) in [6, 6.07) is 5.63. The van der Waals surface area contributed by atoms with Crippen molar-refractivity contribution in [3.8, 4) is 11.5 Å². The maximum absolute atomic E-state index is 14.6. The number of ether oxygens (including phenoxy) is 1. The zero-order valence-electron chi connectivity index (χ0n) is 15.9. The van der Waals surface area contributed by atoms with Crippen molar-refractivity contribution in [2.24, 2.45) is 10.7 Å². The number of aliphatic imine (C=N–C) groups is 1. The first kappa shape index (κ1) is 21.4. The Kier molecular flexibility index (Phi) is 5.31. The van der Waals surface area contributed by atoms with E-state index in [-0.39, 0.29) is 21.8 Å². The molecule has 1 aliphatic rings. The average Bonchev–Trinajstić information content (AvgIpc) is 2.59. The second-order valence-electron chi connectivity index (χ2n) is 7.49. The molecule has 2 N–H and O–H groups in total. The van der Waals surface area contributed by atoms with Gasteiger partial charge in [-0.15, -0.1) is 11.8 Å². The smallest absolute Gasteiger partial charge is 0.416 e. The number of benzene rings is 2. The lowest BCUT2D eigenvalue weighted by molar-refractivity contribution is -0.137. The minimum atomic E-state index is -4.72. The van der Waals surface area contributed by atoms with E-state index in [0.717, 1.165) is 12.1 Å².